The van der Waals surface area contributed by atoms with Crippen LogP contribution in [0.2, 0.25) is 0 Å². The van der Waals surface area contributed by atoms with E-state index in [-0.39, 0.29) is 23.4 Å². The zero-order valence-electron chi connectivity index (χ0n) is 17.2. The molecule has 0 saturated heterocycles. The molecule has 6 nitrogen and oxygen atoms in total. The number of ether oxygens (including phenoxy) is 1. The lowest BCUT2D eigenvalue weighted by Gasteiger charge is -2.45. The Kier molecular flexibility index (Phi) is 4.22. The summed E-state index contributed by atoms with van der Waals surface area (Å²) in [4.78, 5) is 23.9. The second kappa shape index (κ2) is 6.60. The number of carbonyl (C=O) groups is 1. The molecular formula is C23H25FN4O2. The molecule has 2 heterocycles. The van der Waals surface area contributed by atoms with Crippen LogP contribution in [0.25, 0.3) is 11.1 Å². The van der Waals surface area contributed by atoms with Crippen LogP contribution in [-0.4, -0.2) is 42.0 Å². The highest BCUT2D eigenvalue weighted by Crippen LogP contribution is 2.62. The van der Waals surface area contributed by atoms with Crippen molar-refractivity contribution in [2.24, 2.45) is 16.1 Å². The van der Waals surface area contributed by atoms with Crippen molar-refractivity contribution in [3.05, 3.63) is 53.6 Å². The van der Waals surface area contributed by atoms with Crippen LogP contribution in [0.3, 0.4) is 0 Å². The lowest BCUT2D eigenvalue weighted by Crippen LogP contribution is -2.51. The first-order valence-electron chi connectivity index (χ1n) is 10.3. The number of benzene rings is 1. The molecule has 2 aliphatic carbocycles. The number of fused-ring (bicyclic) bond motifs is 3. The molecule has 1 unspecified atom stereocenters. The van der Waals surface area contributed by atoms with Crippen molar-refractivity contribution < 1.29 is 13.9 Å². The molecule has 1 fully saturated rings. The summed E-state index contributed by atoms with van der Waals surface area (Å²) in [6, 6.07) is 7.46. The fraction of sp³-hybridized carbons (Fsp3) is 0.435. The minimum Gasteiger partial charge on any atom is -0.381 e. The van der Waals surface area contributed by atoms with Gasteiger partial charge < -0.3 is 10.5 Å². The van der Waals surface area contributed by atoms with Gasteiger partial charge in [0.05, 0.1) is 12.3 Å². The highest BCUT2D eigenvalue weighted by molar-refractivity contribution is 6.08. The zero-order valence-corrected chi connectivity index (χ0v) is 17.2. The van der Waals surface area contributed by atoms with E-state index < -0.39 is 11.4 Å². The van der Waals surface area contributed by atoms with Crippen molar-refractivity contribution in [2.75, 3.05) is 14.2 Å². The van der Waals surface area contributed by atoms with Gasteiger partial charge in [0.25, 0.3) is 5.91 Å². The Hall–Kier alpha value is -2.80. The normalized spacial score (nSPS) is 30.2. The number of likely N-dealkylation sites (N-methyl/N-ethyl adjacent to an activating group) is 1. The number of nitrogens with two attached hydrogens (primary N) is 1. The summed E-state index contributed by atoms with van der Waals surface area (Å²) in [5, 5.41) is 0. The van der Waals surface area contributed by atoms with Crippen LogP contribution >= 0.6 is 0 Å². The molecule has 2 aromatic rings. The summed E-state index contributed by atoms with van der Waals surface area (Å²) in [6.45, 7) is 0. The smallest absolute Gasteiger partial charge is 0.262 e. The first-order valence-corrected chi connectivity index (χ1v) is 10.3. The predicted octanol–water partition coefficient (Wildman–Crippen LogP) is 3.00. The number of pyridine rings is 1. The number of hydrogen-bond acceptors (Lipinski definition) is 5. The van der Waals surface area contributed by atoms with Gasteiger partial charge in [0.1, 0.15) is 5.82 Å². The Morgan fingerprint density at radius 3 is 2.60 bits per heavy atom. The van der Waals surface area contributed by atoms with E-state index in [4.69, 9.17) is 15.5 Å². The van der Waals surface area contributed by atoms with E-state index in [0.717, 1.165) is 48.8 Å². The Morgan fingerprint density at radius 1 is 1.20 bits per heavy atom. The van der Waals surface area contributed by atoms with E-state index in [2.05, 4.69) is 4.98 Å². The van der Waals surface area contributed by atoms with Gasteiger partial charge in [0.15, 0.2) is 11.5 Å². The number of hydrogen-bond donors (Lipinski definition) is 1. The van der Waals surface area contributed by atoms with E-state index in [1.165, 1.54) is 17.2 Å². The summed E-state index contributed by atoms with van der Waals surface area (Å²) in [5.41, 5.74) is 8.30. The molecule has 156 valence electrons. The van der Waals surface area contributed by atoms with Crippen molar-refractivity contribution in [3.8, 4) is 11.1 Å². The second-order valence-electron chi connectivity index (χ2n) is 8.70. The van der Waals surface area contributed by atoms with E-state index >= 15 is 0 Å². The van der Waals surface area contributed by atoms with Crippen LogP contribution < -0.4 is 5.73 Å². The number of halogens is 1. The Morgan fingerprint density at radius 2 is 1.97 bits per heavy atom. The lowest BCUT2D eigenvalue weighted by atomic mass is 9.61. The topological polar surface area (TPSA) is 80.8 Å². The SMILES string of the molecule is COC1CCC2(CC1)Cc1ccc(-c3cncc(F)c3)cc1C21N=C(N)N(C)C1=O. The van der Waals surface area contributed by atoms with Gasteiger partial charge in [-0.3, -0.25) is 14.7 Å². The summed E-state index contributed by atoms with van der Waals surface area (Å²) in [6.07, 6.45) is 7.26. The monoisotopic (exact) mass is 408 g/mol. The number of aliphatic imine (C=N–C) groups is 1. The van der Waals surface area contributed by atoms with E-state index in [1.54, 1.807) is 20.4 Å². The van der Waals surface area contributed by atoms with Gasteiger partial charge in [-0.05, 0) is 60.9 Å². The van der Waals surface area contributed by atoms with Gasteiger partial charge in [-0.25, -0.2) is 9.38 Å². The molecule has 3 aliphatic rings. The molecule has 1 atom stereocenters. The fourth-order valence-electron chi connectivity index (χ4n) is 5.68. The van der Waals surface area contributed by atoms with Crippen LogP contribution in [0.5, 0.6) is 0 Å². The minimum atomic E-state index is -1.03. The third kappa shape index (κ3) is 2.48. The van der Waals surface area contributed by atoms with Gasteiger partial charge in [0, 0.05) is 31.3 Å². The zero-order chi connectivity index (χ0) is 21.1. The molecule has 1 amide bonds. The minimum absolute atomic E-state index is 0.0795. The van der Waals surface area contributed by atoms with E-state index in [9.17, 15) is 9.18 Å². The molecular weight excluding hydrogens is 383 g/mol. The van der Waals surface area contributed by atoms with Gasteiger partial charge in [-0.1, -0.05) is 12.1 Å². The average molecular weight is 408 g/mol. The van der Waals surface area contributed by atoms with E-state index in [1.807, 2.05) is 18.2 Å². The van der Waals surface area contributed by atoms with Crippen molar-refractivity contribution in [1.29, 1.82) is 0 Å². The van der Waals surface area contributed by atoms with Gasteiger partial charge in [-0.2, -0.15) is 0 Å². The van der Waals surface area contributed by atoms with E-state index in [0.29, 0.717) is 5.56 Å². The molecule has 5 rings (SSSR count). The number of methoxy groups -OCH3 is 1. The van der Waals surface area contributed by atoms with Crippen molar-refractivity contribution in [1.82, 2.24) is 9.88 Å². The molecule has 1 aliphatic heterocycles. The molecule has 1 saturated carbocycles. The summed E-state index contributed by atoms with van der Waals surface area (Å²) >= 11 is 0. The quantitative estimate of drug-likeness (QED) is 0.828. The first-order chi connectivity index (χ1) is 14.4. The van der Waals surface area contributed by atoms with Gasteiger partial charge in [0.2, 0.25) is 0 Å². The summed E-state index contributed by atoms with van der Waals surface area (Å²) < 4.78 is 19.3. The van der Waals surface area contributed by atoms with Crippen molar-refractivity contribution >= 4 is 11.9 Å². The third-order valence-electron chi connectivity index (χ3n) is 7.30. The number of guanidine groups is 1. The molecule has 2 N–H and O–H groups in total. The first kappa shape index (κ1) is 19.2. The Bertz CT molecular complexity index is 1060. The summed E-state index contributed by atoms with van der Waals surface area (Å²) in [5.74, 6) is -0.223. The predicted molar refractivity (Wildman–Crippen MR) is 111 cm³/mol. The van der Waals surface area contributed by atoms with Crippen LogP contribution in [-0.2, 0) is 21.5 Å². The van der Waals surface area contributed by atoms with Crippen LogP contribution in [0.4, 0.5) is 4.39 Å². The second-order valence-corrected chi connectivity index (χ2v) is 8.70. The number of carbonyl (C=O) groups excluding carboxylic acids is 1. The highest BCUT2D eigenvalue weighted by Gasteiger charge is 2.66. The van der Waals surface area contributed by atoms with Crippen molar-refractivity contribution in [3.63, 3.8) is 0 Å². The molecule has 1 aromatic carbocycles. The van der Waals surface area contributed by atoms with Crippen molar-refractivity contribution in [2.45, 2.75) is 43.7 Å². The molecule has 2 spiro atoms. The number of aromatic nitrogens is 1. The summed E-state index contributed by atoms with van der Waals surface area (Å²) in [7, 11) is 3.43. The number of rotatable bonds is 2. The Balaban J connectivity index is 1.67. The fourth-order valence-corrected chi connectivity index (χ4v) is 5.68. The van der Waals surface area contributed by atoms with Crippen LogP contribution in [0.15, 0.2) is 41.7 Å². The molecule has 0 radical (unpaired) electrons. The standard InChI is InChI=1S/C23H25FN4O2/c1-28-20(29)23(27-21(28)25)19-10-14(16-9-17(24)13-26-12-16)3-4-15(19)11-22(23)7-5-18(30-2)6-8-22/h3-4,9-10,12-13,18H,5-8,11H2,1-2H3,(H2,25,27). The molecule has 7 heteroatoms. The Labute approximate surface area is 175 Å². The van der Waals surface area contributed by atoms with Gasteiger partial charge in [-0.15, -0.1) is 0 Å². The number of amides is 1. The molecule has 1 aromatic heterocycles. The molecule has 30 heavy (non-hydrogen) atoms. The van der Waals surface area contributed by atoms with Gasteiger partial charge >= 0.3 is 0 Å². The third-order valence-corrected chi connectivity index (χ3v) is 7.30. The maximum absolute atomic E-state index is 13.8. The van der Waals surface area contributed by atoms with Crippen LogP contribution in [0, 0.1) is 11.2 Å². The van der Waals surface area contributed by atoms with Crippen LogP contribution in [0.1, 0.15) is 36.8 Å². The largest absolute Gasteiger partial charge is 0.381 e. The lowest BCUT2D eigenvalue weighted by molar-refractivity contribution is -0.137. The maximum atomic E-state index is 13.8. The highest BCUT2D eigenvalue weighted by atomic mass is 19.1. The molecule has 0 bridgehead atoms. The number of nitrogens with zero attached hydrogens (tertiary/aromatic N) is 3. The average Bonchev–Trinajstić information content (AvgIpc) is 3.15. The maximum Gasteiger partial charge on any atom is 0.262 e.